The Morgan fingerprint density at radius 1 is 0.196 bits per heavy atom. The fourth-order valence-corrected chi connectivity index (χ4v) is 25.9. The van der Waals surface area contributed by atoms with Crippen LogP contribution in [0.2, 0.25) is 0 Å². The third kappa shape index (κ3) is 12.1. The highest BCUT2D eigenvalue weighted by atomic mass is 15.2. The molecule has 3 aliphatic rings. The van der Waals surface area contributed by atoms with Gasteiger partial charge in [0.05, 0.1) is 83.1 Å². The van der Waals surface area contributed by atoms with Gasteiger partial charge in [-0.1, -0.05) is 399 Å². The second-order valence-corrected chi connectivity index (χ2v) is 41.1. The number of pyridine rings is 5. The zero-order chi connectivity index (χ0) is 98.3. The zero-order valence-electron chi connectivity index (χ0n) is 81.9. The highest BCUT2D eigenvalue weighted by Crippen LogP contribution is 2.61. The van der Waals surface area contributed by atoms with E-state index in [2.05, 4.69) is 468 Å². The van der Waals surface area contributed by atoms with Crippen LogP contribution in [0.3, 0.4) is 0 Å². The molecule has 148 heavy (non-hydrogen) atoms. The summed E-state index contributed by atoms with van der Waals surface area (Å²) >= 11 is 0. The highest BCUT2D eigenvalue weighted by Gasteiger charge is 2.45. The molecule has 12 heteroatoms. The molecule has 0 radical (unpaired) electrons. The lowest BCUT2D eigenvalue weighted by Gasteiger charge is -2.23. The second-order valence-electron chi connectivity index (χ2n) is 41.1. The van der Waals surface area contributed by atoms with Crippen LogP contribution in [0.5, 0.6) is 0 Å². The van der Waals surface area contributed by atoms with Gasteiger partial charge in [-0.25, -0.2) is 24.9 Å². The maximum atomic E-state index is 5.65. The fourth-order valence-electron chi connectivity index (χ4n) is 25.9. The SMILES string of the molecule is CC1(C)c2ccccc2-c2c1c1ncccc1c1c3ccccc3n(-c3cc(-c4ccccc4)c4ccc5c(-c6ccccc6)ccnc5c4n3)c21.CC1(C)c2ccccc2-c2c1c1ncccc1c1c3ccccc3n(-c3nc(-c4ccccc4)c4c5ccccc5c5ccccc5c4n3)c21.CC1(C)c2ccccc2-c2c1c1ncccc1c1c3ccccc3n(-c3nc(-c4ccccc4)c4ccc5ccccc5c4n3)c21. The lowest BCUT2D eigenvalue weighted by molar-refractivity contribution is 0.665. The van der Waals surface area contributed by atoms with Crippen molar-refractivity contribution in [3.63, 3.8) is 0 Å². The van der Waals surface area contributed by atoms with Crippen molar-refractivity contribution in [1.29, 1.82) is 0 Å². The number of hydrogen-bond donors (Lipinski definition) is 0. The quantitative estimate of drug-likeness (QED) is 0.143. The van der Waals surface area contributed by atoms with Crippen molar-refractivity contribution in [2.75, 3.05) is 0 Å². The third-order valence-electron chi connectivity index (χ3n) is 32.2. The molecule has 19 aromatic carbocycles. The zero-order valence-corrected chi connectivity index (χ0v) is 81.9. The predicted octanol–water partition coefficient (Wildman–Crippen LogP) is 34.0. The first-order valence-corrected chi connectivity index (χ1v) is 50.9. The van der Waals surface area contributed by atoms with E-state index in [0.717, 1.165) is 176 Å². The average molecular weight is 1890 g/mol. The number of fused-ring (bicyclic) bond motifs is 42. The minimum absolute atomic E-state index is 0.232. The summed E-state index contributed by atoms with van der Waals surface area (Å²) in [5.41, 5.74) is 36.6. The van der Waals surface area contributed by atoms with Gasteiger partial charge in [-0.3, -0.25) is 33.6 Å². The van der Waals surface area contributed by atoms with Gasteiger partial charge in [0.1, 0.15) is 5.82 Å². The van der Waals surface area contributed by atoms with Crippen molar-refractivity contribution in [3.05, 3.63) is 471 Å². The van der Waals surface area contributed by atoms with Crippen LogP contribution in [0, 0.1) is 0 Å². The van der Waals surface area contributed by atoms with Crippen LogP contribution in [0.15, 0.2) is 437 Å². The predicted molar refractivity (Wildman–Crippen MR) is 612 cm³/mol. The Labute approximate surface area is 851 Å². The molecule has 694 valence electrons. The number of para-hydroxylation sites is 3. The van der Waals surface area contributed by atoms with Crippen LogP contribution in [-0.4, -0.2) is 58.6 Å². The summed E-state index contributed by atoms with van der Waals surface area (Å²) in [5, 5.41) is 21.8. The van der Waals surface area contributed by atoms with Crippen LogP contribution < -0.4 is 0 Å². The van der Waals surface area contributed by atoms with E-state index in [1.165, 1.54) is 115 Å². The van der Waals surface area contributed by atoms with E-state index in [-0.39, 0.29) is 16.2 Å². The van der Waals surface area contributed by atoms with Crippen molar-refractivity contribution in [1.82, 2.24) is 58.6 Å². The molecule has 12 nitrogen and oxygen atoms in total. The van der Waals surface area contributed by atoms with E-state index >= 15 is 0 Å². The van der Waals surface area contributed by atoms with Crippen molar-refractivity contribution in [2.45, 2.75) is 57.8 Å². The first kappa shape index (κ1) is 84.7. The molecular weight excluding hydrogens is 1800 g/mol. The normalized spacial score (nSPS) is 13.5. The molecule has 10 aromatic heterocycles. The van der Waals surface area contributed by atoms with Gasteiger partial charge >= 0.3 is 0 Å². The first-order chi connectivity index (χ1) is 72.8. The van der Waals surface area contributed by atoms with E-state index in [0.29, 0.717) is 11.9 Å². The van der Waals surface area contributed by atoms with E-state index < -0.39 is 0 Å². The molecule has 0 aliphatic heterocycles. The van der Waals surface area contributed by atoms with Gasteiger partial charge in [-0.2, -0.15) is 0 Å². The molecular formula is C136H90N12. The van der Waals surface area contributed by atoms with E-state index in [4.69, 9.17) is 44.9 Å². The summed E-state index contributed by atoms with van der Waals surface area (Å²) in [7, 11) is 0. The molecule has 0 amide bonds. The molecule has 0 N–H and O–H groups in total. The van der Waals surface area contributed by atoms with Crippen molar-refractivity contribution < 1.29 is 0 Å². The lowest BCUT2D eigenvalue weighted by atomic mass is 9.81. The largest absolute Gasteiger partial charge is 0.293 e. The molecule has 0 atom stereocenters. The summed E-state index contributed by atoms with van der Waals surface area (Å²) in [6.07, 6.45) is 7.72. The van der Waals surface area contributed by atoms with Crippen molar-refractivity contribution in [2.24, 2.45) is 0 Å². The first-order valence-electron chi connectivity index (χ1n) is 50.9. The second kappa shape index (κ2) is 32.0. The molecule has 0 saturated carbocycles. The smallest absolute Gasteiger partial charge is 0.235 e. The van der Waals surface area contributed by atoms with Gasteiger partial charge in [0.2, 0.25) is 11.9 Å². The van der Waals surface area contributed by atoms with Crippen LogP contribution in [-0.2, 0) is 16.2 Å². The summed E-state index contributed by atoms with van der Waals surface area (Å²) < 4.78 is 7.08. The van der Waals surface area contributed by atoms with Crippen molar-refractivity contribution in [3.8, 4) is 95.9 Å². The minimum atomic E-state index is -0.247. The Kier molecular flexibility index (Phi) is 18.3. The summed E-state index contributed by atoms with van der Waals surface area (Å²) in [6, 6.07) is 147. The summed E-state index contributed by atoms with van der Waals surface area (Å²) in [5.74, 6) is 2.20. The third-order valence-corrected chi connectivity index (χ3v) is 32.2. The Morgan fingerprint density at radius 2 is 0.547 bits per heavy atom. The molecule has 10 heterocycles. The van der Waals surface area contributed by atoms with Gasteiger partial charge in [0, 0.05) is 150 Å². The number of benzene rings is 19. The molecule has 32 rings (SSSR count). The van der Waals surface area contributed by atoms with Gasteiger partial charge in [0.25, 0.3) is 0 Å². The number of rotatable bonds is 7. The van der Waals surface area contributed by atoms with Gasteiger partial charge < -0.3 is 0 Å². The van der Waals surface area contributed by atoms with Crippen LogP contribution in [0.25, 0.3) is 270 Å². The lowest BCUT2D eigenvalue weighted by Crippen LogP contribution is -2.16. The molecule has 29 aromatic rings. The molecule has 3 aliphatic carbocycles. The van der Waals surface area contributed by atoms with Crippen LogP contribution in [0.1, 0.15) is 74.9 Å². The van der Waals surface area contributed by atoms with Crippen molar-refractivity contribution >= 4 is 174 Å². The Morgan fingerprint density at radius 3 is 1.04 bits per heavy atom. The number of aromatic nitrogens is 12. The van der Waals surface area contributed by atoms with E-state index in [9.17, 15) is 0 Å². The Balaban J connectivity index is 0.000000103. The van der Waals surface area contributed by atoms with E-state index in [1.54, 1.807) is 0 Å². The Bertz CT molecular complexity index is 10800. The van der Waals surface area contributed by atoms with Gasteiger partial charge in [-0.05, 0) is 148 Å². The molecule has 0 unspecified atom stereocenters. The molecule has 0 saturated heterocycles. The number of hydrogen-bond acceptors (Lipinski definition) is 9. The minimum Gasteiger partial charge on any atom is -0.293 e. The molecule has 0 bridgehead atoms. The Hall–Kier alpha value is -18.9. The molecule has 0 fully saturated rings. The highest BCUT2D eigenvalue weighted by molar-refractivity contribution is 6.32. The van der Waals surface area contributed by atoms with Crippen LogP contribution in [0.4, 0.5) is 0 Å². The summed E-state index contributed by atoms with van der Waals surface area (Å²) in [4.78, 5) is 48.1. The maximum absolute atomic E-state index is 5.65. The van der Waals surface area contributed by atoms with Crippen LogP contribution >= 0.6 is 0 Å². The monoisotopic (exact) mass is 1890 g/mol. The maximum Gasteiger partial charge on any atom is 0.235 e. The molecule has 0 spiro atoms. The average Bonchev–Trinajstić information content (AvgIpc) is 1.53. The van der Waals surface area contributed by atoms with E-state index in [1.807, 2.05) is 24.8 Å². The number of nitrogens with zero attached hydrogens (tertiary/aromatic N) is 12. The van der Waals surface area contributed by atoms with Gasteiger partial charge in [-0.15, -0.1) is 0 Å². The van der Waals surface area contributed by atoms with Gasteiger partial charge in [0.15, 0.2) is 0 Å². The summed E-state index contributed by atoms with van der Waals surface area (Å²) in [6.45, 7) is 14.0. The standard InChI is InChI=1S/C48H32N4.C46H30N4.C42H28N4/c1-48(2)38-21-11-9-18-34(38)42-43(48)44-36(20-13-26-49-44)41-35-19-10-12-22-39(35)52(47(41)42)40-28-37(30-16-7-4-8-17-30)33-24-23-32-31(29-14-5-3-6-15-29)25-27-50-45(32)46(33)51-40;1-46(2)35-24-12-10-21-32(35)38-40(46)43-34(23-14-26-47-43)37-33-22-11-13-25-36(33)50(44(37)38)45-48-41(27-15-4-3-5-16-27)39-30-19-8-6-17-28(30)29-18-7-9-20-31(29)42(39)49-45;1-42(2)32-20-10-8-17-28(32)35-36(42)39-30(19-12-24-43-39)34-29-18-9-11-21-33(29)46(40(34)35)41-44-37(26-14-4-3-5-15-26)31-23-22-25-13-6-7-16-27(25)38(31)45-41/h3-28H,1-2H3;3-26H,1-2H3;3-24H,1-2H3. The fraction of sp³-hybridized carbons (Fsp3) is 0.0662. The topological polar surface area (TPSA) is 131 Å².